The fourth-order valence-electron chi connectivity index (χ4n) is 6.92. The Morgan fingerprint density at radius 2 is 1.82 bits per heavy atom. The molecule has 0 spiro atoms. The molecule has 4 heterocycles. The Hall–Kier alpha value is -4.12. The summed E-state index contributed by atoms with van der Waals surface area (Å²) in [6, 6.07) is 12.0. The highest BCUT2D eigenvalue weighted by atomic mass is 32.1. The summed E-state index contributed by atoms with van der Waals surface area (Å²) in [5.74, 6) is -1.93. The van der Waals surface area contributed by atoms with E-state index in [0.717, 1.165) is 33.9 Å². The predicted molar refractivity (Wildman–Crippen MR) is 206 cm³/mol. The highest BCUT2D eigenvalue weighted by molar-refractivity contribution is 7.54. The van der Waals surface area contributed by atoms with Crippen molar-refractivity contribution < 1.29 is 41.6 Å². The number of nitrogens with two attached hydrogens (primary N) is 1. The number of primary amides is 1. The standard InChI is InChI=1S/C37H43F2N6O7PS2/c1-3-51-53(50,52-4-2)37(38,39)24-10-14-29-23(18-24)19-30(54-29)34(48)44-27-20-41-17-16-25-11-13-28(45(25)36(27)49)33(47)43-26(12-15-32(40)46)35-42-21-31(55-35)22-8-6-5-7-9-22/h5-10,14,18-19,21,25-28,41H,3-4,11-13,15-17,20H2,1-2H3,(H2,40,46)(H,43,47)(H,44,48)/t25-,26+,27+,28+/m1/s1. The third kappa shape index (κ3) is 8.82. The summed E-state index contributed by atoms with van der Waals surface area (Å²) < 4.78 is 54.4. The summed E-state index contributed by atoms with van der Waals surface area (Å²) in [7, 11) is -4.84. The second kappa shape index (κ2) is 17.3. The number of nitrogens with zero attached hydrogens (tertiary/aromatic N) is 2. The van der Waals surface area contributed by atoms with Crippen molar-refractivity contribution >= 4 is 64.0 Å². The summed E-state index contributed by atoms with van der Waals surface area (Å²) in [6.07, 6.45) is 3.56. The Kier molecular flexibility index (Phi) is 12.8. The second-order valence-corrected chi connectivity index (χ2v) is 17.5. The molecule has 2 aliphatic rings. The van der Waals surface area contributed by atoms with Crippen molar-refractivity contribution in [3.63, 3.8) is 0 Å². The number of thiazole rings is 1. The molecule has 4 amide bonds. The zero-order chi connectivity index (χ0) is 39.3. The third-order valence-corrected chi connectivity index (χ3v) is 14.0. The number of carbonyl (C=O) groups excluding carboxylic acids is 4. The van der Waals surface area contributed by atoms with E-state index in [1.54, 1.807) is 11.1 Å². The maximum absolute atomic E-state index is 15.5. The van der Waals surface area contributed by atoms with Crippen LogP contribution >= 0.6 is 30.3 Å². The minimum Gasteiger partial charge on any atom is -0.370 e. The first kappa shape index (κ1) is 40.5. The van der Waals surface area contributed by atoms with Crippen LogP contribution < -0.4 is 21.7 Å². The quantitative estimate of drug-likeness (QED) is 0.106. The molecule has 2 aromatic carbocycles. The third-order valence-electron chi connectivity index (χ3n) is 9.57. The molecular formula is C37H43F2N6O7PS2. The van der Waals surface area contributed by atoms with Crippen molar-refractivity contribution in [2.45, 2.75) is 75.8 Å². The van der Waals surface area contributed by atoms with Gasteiger partial charge < -0.3 is 35.6 Å². The molecule has 0 bridgehead atoms. The Labute approximate surface area is 324 Å². The van der Waals surface area contributed by atoms with E-state index in [9.17, 15) is 23.7 Å². The summed E-state index contributed by atoms with van der Waals surface area (Å²) in [5, 5.41) is 9.98. The average molecular weight is 817 g/mol. The number of hydrogen-bond acceptors (Lipinski definition) is 11. The lowest BCUT2D eigenvalue weighted by Crippen LogP contribution is -2.60. The van der Waals surface area contributed by atoms with Crippen LogP contribution in [0.2, 0.25) is 0 Å². The summed E-state index contributed by atoms with van der Waals surface area (Å²) in [6.45, 7) is 3.06. The Bertz CT molecular complexity index is 2070. The zero-order valence-electron chi connectivity index (χ0n) is 30.3. The lowest BCUT2D eigenvalue weighted by Gasteiger charge is -2.35. The van der Waals surface area contributed by atoms with E-state index >= 15 is 8.78 Å². The van der Waals surface area contributed by atoms with Crippen LogP contribution in [0, 0.1) is 0 Å². The molecule has 13 nitrogen and oxygen atoms in total. The van der Waals surface area contributed by atoms with Crippen molar-refractivity contribution in [2.75, 3.05) is 26.3 Å². The first-order valence-corrected chi connectivity index (χ1v) is 21.3. The van der Waals surface area contributed by atoms with E-state index in [-0.39, 0.29) is 43.5 Å². The molecule has 6 rings (SSSR count). The van der Waals surface area contributed by atoms with Crippen LogP contribution in [0.5, 0.6) is 0 Å². The summed E-state index contributed by atoms with van der Waals surface area (Å²) in [5.41, 5.74) is 1.91. The van der Waals surface area contributed by atoms with Crippen LogP contribution in [0.25, 0.3) is 20.5 Å². The van der Waals surface area contributed by atoms with Gasteiger partial charge in [0.15, 0.2) is 0 Å². The van der Waals surface area contributed by atoms with Crippen LogP contribution in [0.1, 0.15) is 72.2 Å². The Morgan fingerprint density at radius 3 is 2.53 bits per heavy atom. The van der Waals surface area contributed by atoms with Gasteiger partial charge in [0.2, 0.25) is 17.7 Å². The molecule has 0 saturated carbocycles. The fraction of sp³-hybridized carbons (Fsp3) is 0.432. The highest BCUT2D eigenvalue weighted by Gasteiger charge is 2.55. The van der Waals surface area contributed by atoms with E-state index in [0.29, 0.717) is 40.9 Å². The van der Waals surface area contributed by atoms with Crippen molar-refractivity contribution in [1.82, 2.24) is 25.8 Å². The number of halogens is 2. The van der Waals surface area contributed by atoms with Gasteiger partial charge >= 0.3 is 13.3 Å². The smallest absolute Gasteiger partial charge is 0.370 e. The number of thiophene rings is 1. The Balaban J connectivity index is 1.18. The highest BCUT2D eigenvalue weighted by Crippen LogP contribution is 2.67. The Morgan fingerprint density at radius 1 is 1.07 bits per heavy atom. The SMILES string of the molecule is CCOP(=O)(OCC)C(F)(F)c1ccc2sc(C(=O)N[C@H]3CNCC[C@H]4CC[C@@H](C(=O)N[C@@H](CCC(N)=O)c5ncc(-c6ccccc6)s5)N4C3=O)cc2c1. The normalized spacial score (nSPS) is 19.7. The maximum atomic E-state index is 15.5. The molecule has 55 heavy (non-hydrogen) atoms. The van der Waals surface area contributed by atoms with Gasteiger partial charge in [0, 0.05) is 35.5 Å². The molecular weight excluding hydrogens is 774 g/mol. The number of alkyl halides is 2. The van der Waals surface area contributed by atoms with Gasteiger partial charge in [-0.15, -0.1) is 22.7 Å². The predicted octanol–water partition coefficient (Wildman–Crippen LogP) is 5.91. The molecule has 0 aliphatic carbocycles. The lowest BCUT2D eigenvalue weighted by atomic mass is 10.1. The van der Waals surface area contributed by atoms with Crippen molar-refractivity contribution in [1.29, 1.82) is 0 Å². The zero-order valence-corrected chi connectivity index (χ0v) is 32.8. The molecule has 2 fully saturated rings. The summed E-state index contributed by atoms with van der Waals surface area (Å²) in [4.78, 5) is 60.8. The van der Waals surface area contributed by atoms with E-state index < -0.39 is 60.6 Å². The van der Waals surface area contributed by atoms with Gasteiger partial charge in [-0.05, 0) is 75.2 Å². The van der Waals surface area contributed by atoms with E-state index in [1.807, 2.05) is 30.3 Å². The van der Waals surface area contributed by atoms with Crippen molar-refractivity contribution in [3.05, 3.63) is 76.2 Å². The average Bonchev–Trinajstić information content (AvgIpc) is 3.93. The molecule has 0 radical (unpaired) electrons. The maximum Gasteiger partial charge on any atom is 0.404 e. The minimum atomic E-state index is -4.84. The number of hydrogen-bond donors (Lipinski definition) is 4. The molecule has 4 atom stereocenters. The fourth-order valence-corrected chi connectivity index (χ4v) is 10.4. The van der Waals surface area contributed by atoms with Gasteiger partial charge in [0.1, 0.15) is 17.1 Å². The van der Waals surface area contributed by atoms with Crippen molar-refractivity contribution in [2.24, 2.45) is 5.73 Å². The number of carbonyl (C=O) groups is 4. The second-order valence-electron chi connectivity index (χ2n) is 13.2. The molecule has 4 aromatic rings. The van der Waals surface area contributed by atoms with Crippen LogP contribution in [0.15, 0.2) is 60.8 Å². The molecule has 2 aromatic heterocycles. The number of nitrogens with one attached hydrogen (secondary N) is 3. The number of benzene rings is 2. The first-order chi connectivity index (χ1) is 26.3. The molecule has 294 valence electrons. The van der Waals surface area contributed by atoms with Gasteiger partial charge in [-0.2, -0.15) is 8.78 Å². The molecule has 0 unspecified atom stereocenters. The number of aromatic nitrogens is 1. The number of fused-ring (bicyclic) bond motifs is 2. The number of rotatable bonds is 15. The van der Waals surface area contributed by atoms with Crippen LogP contribution in [-0.4, -0.2) is 77.9 Å². The van der Waals surface area contributed by atoms with Crippen molar-refractivity contribution in [3.8, 4) is 10.4 Å². The van der Waals surface area contributed by atoms with Crippen LogP contribution in [0.3, 0.4) is 0 Å². The van der Waals surface area contributed by atoms with Gasteiger partial charge in [0.05, 0.1) is 29.0 Å². The molecule has 18 heteroatoms. The molecule has 2 aliphatic heterocycles. The van der Waals surface area contributed by atoms with Gasteiger partial charge in [0.25, 0.3) is 5.91 Å². The molecule has 5 N–H and O–H groups in total. The van der Waals surface area contributed by atoms with E-state index in [1.165, 1.54) is 37.3 Å². The van der Waals surface area contributed by atoms with E-state index in [2.05, 4.69) is 20.9 Å². The summed E-state index contributed by atoms with van der Waals surface area (Å²) >= 11 is 2.45. The largest absolute Gasteiger partial charge is 0.404 e. The lowest BCUT2D eigenvalue weighted by molar-refractivity contribution is -0.142. The van der Waals surface area contributed by atoms with Crippen LogP contribution in [0.4, 0.5) is 8.78 Å². The van der Waals surface area contributed by atoms with E-state index in [4.69, 9.17) is 14.8 Å². The van der Waals surface area contributed by atoms with Crippen LogP contribution in [-0.2, 0) is 33.7 Å². The number of amides is 4. The van der Waals surface area contributed by atoms with Gasteiger partial charge in [-0.3, -0.25) is 23.7 Å². The van der Waals surface area contributed by atoms with Gasteiger partial charge in [-0.25, -0.2) is 4.98 Å². The van der Waals surface area contributed by atoms with Gasteiger partial charge in [-0.1, -0.05) is 36.4 Å². The monoisotopic (exact) mass is 816 g/mol. The molecule has 2 saturated heterocycles. The topological polar surface area (TPSA) is 182 Å². The minimum absolute atomic E-state index is 0.0176. The first-order valence-electron chi connectivity index (χ1n) is 18.1.